The molecule has 0 aliphatic heterocycles. The maximum absolute atomic E-state index is 3.39. The van der Waals surface area contributed by atoms with Crippen LogP contribution in [0, 0.1) is 47.3 Å². The van der Waals surface area contributed by atoms with Crippen LogP contribution in [0.5, 0.6) is 0 Å². The second-order valence-electron chi connectivity index (χ2n) is 20.1. The van der Waals surface area contributed by atoms with Gasteiger partial charge in [0.15, 0.2) is 0 Å². The molecule has 0 aromatic carbocycles. The van der Waals surface area contributed by atoms with E-state index in [0.29, 0.717) is 0 Å². The van der Waals surface area contributed by atoms with Gasteiger partial charge in [0.25, 0.3) is 0 Å². The molecule has 0 saturated heterocycles. The van der Waals surface area contributed by atoms with Gasteiger partial charge in [-0.05, 0) is 159 Å². The normalized spacial score (nSPS) is 24.4. The summed E-state index contributed by atoms with van der Waals surface area (Å²) in [6.45, 7) is 10.7. The molecule has 0 radical (unpaired) electrons. The van der Waals surface area contributed by atoms with Gasteiger partial charge < -0.3 is 16.0 Å². The van der Waals surface area contributed by atoms with Crippen molar-refractivity contribution in [1.29, 1.82) is 0 Å². The molecule has 0 spiro atoms. The van der Waals surface area contributed by atoms with E-state index in [0.717, 1.165) is 47.3 Å². The van der Waals surface area contributed by atoms with Crippen LogP contribution in [0.15, 0.2) is 24.3 Å². The third-order valence-corrected chi connectivity index (χ3v) is 15.4. The number of rotatable bonds is 42. The van der Waals surface area contributed by atoms with Gasteiger partial charge in [-0.25, -0.2) is 0 Å². The van der Waals surface area contributed by atoms with Gasteiger partial charge in [-0.3, -0.25) is 0 Å². The molecule has 1 saturated carbocycles. The van der Waals surface area contributed by atoms with Gasteiger partial charge in [-0.15, -0.1) is 0 Å². The van der Waals surface area contributed by atoms with E-state index in [9.17, 15) is 0 Å². The van der Waals surface area contributed by atoms with Crippen molar-refractivity contribution in [3.8, 4) is 0 Å². The van der Waals surface area contributed by atoms with Crippen LogP contribution < -0.4 is 16.0 Å². The van der Waals surface area contributed by atoms with E-state index >= 15 is 0 Å². The molecule has 2 aliphatic carbocycles. The Bertz CT molecular complexity index is 943. The van der Waals surface area contributed by atoms with Crippen LogP contribution in [0.3, 0.4) is 0 Å². The van der Waals surface area contributed by atoms with Crippen molar-refractivity contribution >= 4 is 0 Å². The minimum absolute atomic E-state index is 0.809. The quantitative estimate of drug-likeness (QED) is 0.0424. The number of allylic oxidation sites excluding steroid dienone is 4. The third kappa shape index (κ3) is 24.1. The van der Waals surface area contributed by atoms with Crippen molar-refractivity contribution in [2.24, 2.45) is 47.3 Å². The maximum atomic E-state index is 3.39. The summed E-state index contributed by atoms with van der Waals surface area (Å²) in [6, 6.07) is 0. The van der Waals surface area contributed by atoms with Crippen molar-refractivity contribution in [3.05, 3.63) is 24.3 Å². The molecule has 59 heavy (non-hydrogen) atoms. The van der Waals surface area contributed by atoms with Gasteiger partial charge in [0.1, 0.15) is 0 Å². The molecular weight excluding hydrogens is 715 g/mol. The fourth-order valence-electron chi connectivity index (χ4n) is 12.1. The fraction of sp³-hybridized carbons (Fsp3) is 0.929. The first-order chi connectivity index (χ1) is 29.2. The van der Waals surface area contributed by atoms with Crippen molar-refractivity contribution in [3.63, 3.8) is 0 Å². The largest absolute Gasteiger partial charge is 0.320 e. The van der Waals surface area contributed by atoms with Gasteiger partial charge in [0.2, 0.25) is 0 Å². The highest BCUT2D eigenvalue weighted by molar-refractivity contribution is 5.13. The number of nitrogens with one attached hydrogen (secondary N) is 3. The Morgan fingerprint density at radius 3 is 1.29 bits per heavy atom. The van der Waals surface area contributed by atoms with Gasteiger partial charge in [0, 0.05) is 0 Å². The Kier molecular flexibility index (Phi) is 36.0. The zero-order valence-electron chi connectivity index (χ0n) is 41.3. The first-order valence-corrected chi connectivity index (χ1v) is 27.4. The lowest BCUT2D eigenvalue weighted by atomic mass is 9.48. The summed E-state index contributed by atoms with van der Waals surface area (Å²) in [4.78, 5) is 0. The van der Waals surface area contributed by atoms with Crippen molar-refractivity contribution in [2.45, 2.75) is 245 Å². The van der Waals surface area contributed by atoms with Crippen LogP contribution in [-0.2, 0) is 0 Å². The third-order valence-electron chi connectivity index (χ3n) is 15.4. The zero-order valence-corrected chi connectivity index (χ0v) is 41.3. The highest BCUT2D eigenvalue weighted by Gasteiger charge is 2.52. The lowest BCUT2D eigenvalue weighted by Gasteiger charge is -2.57. The molecule has 0 aromatic rings. The first-order valence-electron chi connectivity index (χ1n) is 27.4. The Labute approximate surface area is 372 Å². The molecule has 8 atom stereocenters. The fourth-order valence-corrected chi connectivity index (χ4v) is 12.1. The summed E-state index contributed by atoms with van der Waals surface area (Å²) in [6.07, 6.45) is 60.9. The first kappa shape index (κ1) is 54.5. The van der Waals surface area contributed by atoms with E-state index in [-0.39, 0.29) is 0 Å². The number of hydrogen-bond acceptors (Lipinski definition) is 3. The number of unbranched alkanes of at least 4 members (excludes halogenated alkanes) is 23. The standard InChI is InChI=1S/C56H109N3/c1-7-10-13-16-23-33-41-52-51(40-30-15-12-9-3)53(42-32-21-14-11-8-2)55-45-44-49(38-29-22-19-27-36-47-58-5)50(39-31-25-20-28-37-48-59-6)56(55)54(52)43-34-24-17-18-26-35-46-57-4/h23,33,44-45,49-59H,7-22,24-32,34-43,46-48H2,1-6H3/b33-23+. The smallest absolute Gasteiger partial charge is 0.00519 e. The summed E-state index contributed by atoms with van der Waals surface area (Å²) in [5.41, 5.74) is 0. The monoisotopic (exact) mass is 824 g/mol. The predicted molar refractivity (Wildman–Crippen MR) is 267 cm³/mol. The second-order valence-corrected chi connectivity index (χ2v) is 20.1. The molecule has 0 bridgehead atoms. The summed E-state index contributed by atoms with van der Waals surface area (Å²) in [7, 11) is 6.33. The van der Waals surface area contributed by atoms with Crippen LogP contribution in [0.2, 0.25) is 0 Å². The number of fused-ring (bicyclic) bond motifs is 1. The summed E-state index contributed by atoms with van der Waals surface area (Å²) in [5, 5.41) is 10.1. The van der Waals surface area contributed by atoms with Crippen molar-refractivity contribution in [1.82, 2.24) is 16.0 Å². The van der Waals surface area contributed by atoms with Crippen molar-refractivity contribution < 1.29 is 0 Å². The Balaban J connectivity index is 2.52. The molecule has 3 N–H and O–H groups in total. The SMILES string of the molecule is CCCCC/C=C/CC1C(CCCCCC)C(CCCCCCC)C2C=CC(CCCCCCCNC)C(CCCCCCCNC)C2C1CCCCCCCCNC. The lowest BCUT2D eigenvalue weighted by molar-refractivity contribution is -0.0585. The van der Waals surface area contributed by atoms with E-state index in [1.54, 1.807) is 0 Å². The Hall–Kier alpha value is -0.640. The lowest BCUT2D eigenvalue weighted by Crippen LogP contribution is -2.51. The summed E-state index contributed by atoms with van der Waals surface area (Å²) >= 11 is 0. The Morgan fingerprint density at radius 1 is 0.356 bits per heavy atom. The zero-order chi connectivity index (χ0) is 42.4. The van der Waals surface area contributed by atoms with Crippen LogP contribution in [0.4, 0.5) is 0 Å². The minimum atomic E-state index is 0.809. The molecule has 348 valence electrons. The highest BCUT2D eigenvalue weighted by atomic mass is 14.8. The molecule has 3 nitrogen and oxygen atoms in total. The molecular formula is C56H109N3. The van der Waals surface area contributed by atoms with E-state index in [1.807, 2.05) is 0 Å². The van der Waals surface area contributed by atoms with Crippen LogP contribution in [-0.4, -0.2) is 40.8 Å². The topological polar surface area (TPSA) is 36.1 Å². The molecule has 8 unspecified atom stereocenters. The summed E-state index contributed by atoms with van der Waals surface area (Å²) in [5.74, 6) is 7.06. The van der Waals surface area contributed by atoms with Crippen LogP contribution >= 0.6 is 0 Å². The minimum Gasteiger partial charge on any atom is -0.320 e. The molecule has 2 aliphatic rings. The van der Waals surface area contributed by atoms with Gasteiger partial charge in [0.05, 0.1) is 0 Å². The van der Waals surface area contributed by atoms with Crippen molar-refractivity contribution in [2.75, 3.05) is 40.8 Å². The number of hydrogen-bond donors (Lipinski definition) is 3. The van der Waals surface area contributed by atoms with E-state index in [2.05, 4.69) is 82.2 Å². The van der Waals surface area contributed by atoms with Crippen LogP contribution in [0.25, 0.3) is 0 Å². The van der Waals surface area contributed by atoms with E-state index in [4.69, 9.17) is 0 Å². The molecule has 0 amide bonds. The molecule has 3 heteroatoms. The average Bonchev–Trinajstić information content (AvgIpc) is 3.25. The highest BCUT2D eigenvalue weighted by Crippen LogP contribution is 2.59. The summed E-state index contributed by atoms with van der Waals surface area (Å²) < 4.78 is 0. The van der Waals surface area contributed by atoms with Gasteiger partial charge >= 0.3 is 0 Å². The second kappa shape index (κ2) is 39.0. The van der Waals surface area contributed by atoms with Gasteiger partial charge in [-0.2, -0.15) is 0 Å². The van der Waals surface area contributed by atoms with Gasteiger partial charge in [-0.1, -0.05) is 199 Å². The molecule has 1 fully saturated rings. The van der Waals surface area contributed by atoms with E-state index < -0.39 is 0 Å². The van der Waals surface area contributed by atoms with Crippen LogP contribution in [0.1, 0.15) is 245 Å². The van der Waals surface area contributed by atoms with E-state index in [1.165, 1.54) is 244 Å². The molecule has 0 aromatic heterocycles. The maximum Gasteiger partial charge on any atom is -0.00519 e. The predicted octanol–water partition coefficient (Wildman–Crippen LogP) is 16.4. The average molecular weight is 825 g/mol. The Morgan fingerprint density at radius 2 is 0.763 bits per heavy atom. The molecule has 0 heterocycles. The molecule has 2 rings (SSSR count).